The van der Waals surface area contributed by atoms with Crippen LogP contribution in [-0.4, -0.2) is 45.1 Å². The molecule has 2 aliphatic rings. The zero-order valence-corrected chi connectivity index (χ0v) is 20.9. The van der Waals surface area contributed by atoms with Gasteiger partial charge in [0.2, 0.25) is 10.9 Å². The first-order chi connectivity index (χ1) is 19.0. The third-order valence-electron chi connectivity index (χ3n) is 6.79. The molecule has 2 saturated carbocycles. The number of ether oxygens (including phenoxy) is 1. The van der Waals surface area contributed by atoms with Gasteiger partial charge < -0.3 is 19.0 Å². The summed E-state index contributed by atoms with van der Waals surface area (Å²) in [6, 6.07) is 6.06. The van der Waals surface area contributed by atoms with Gasteiger partial charge >= 0.3 is 11.9 Å². The van der Waals surface area contributed by atoms with Gasteiger partial charge in [0, 0.05) is 36.0 Å². The lowest BCUT2D eigenvalue weighted by Gasteiger charge is -2.12. The first-order valence-electron chi connectivity index (χ1n) is 12.4. The summed E-state index contributed by atoms with van der Waals surface area (Å²) in [7, 11) is 0. The number of esters is 1. The minimum Gasteiger partial charge on any atom is -0.477 e. The highest BCUT2D eigenvalue weighted by Crippen LogP contribution is 2.41. The summed E-state index contributed by atoms with van der Waals surface area (Å²) in [6.45, 7) is 1.76. The van der Waals surface area contributed by atoms with Crippen molar-refractivity contribution < 1.29 is 37.0 Å². The van der Waals surface area contributed by atoms with Gasteiger partial charge in [0.1, 0.15) is 35.1 Å². The number of aromatic carboxylic acids is 1. The first kappa shape index (κ1) is 27.1. The fraction of sp³-hybridized carbons (Fsp3) is 0.286. The van der Waals surface area contributed by atoms with Crippen molar-refractivity contribution in [3.8, 4) is 0 Å². The van der Waals surface area contributed by atoms with E-state index in [2.05, 4.69) is 0 Å². The largest absolute Gasteiger partial charge is 0.477 e. The van der Waals surface area contributed by atoms with Gasteiger partial charge in [-0.05, 0) is 43.3 Å². The molecule has 0 spiro atoms. The number of carbonyl (C=O) groups excluding carboxylic acids is 1. The Hall–Kier alpha value is -4.48. The zero-order chi connectivity index (χ0) is 28.9. The third kappa shape index (κ3) is 4.96. The molecule has 2 aromatic heterocycles. The maximum Gasteiger partial charge on any atom is 0.343 e. The van der Waals surface area contributed by atoms with Crippen molar-refractivity contribution in [3.63, 3.8) is 0 Å². The Bertz CT molecular complexity index is 1800. The zero-order valence-electron chi connectivity index (χ0n) is 20.9. The van der Waals surface area contributed by atoms with Crippen molar-refractivity contribution in [2.45, 2.75) is 44.2 Å². The van der Waals surface area contributed by atoms with Crippen molar-refractivity contribution >= 4 is 33.7 Å². The van der Waals surface area contributed by atoms with Crippen LogP contribution in [0.2, 0.25) is 0 Å². The van der Waals surface area contributed by atoms with Crippen molar-refractivity contribution in [3.05, 3.63) is 92.0 Å². The van der Waals surface area contributed by atoms with E-state index in [1.165, 1.54) is 33.5 Å². The molecule has 2 aliphatic carbocycles. The Morgan fingerprint density at radius 3 is 1.68 bits per heavy atom. The molecule has 8 nitrogen and oxygen atoms in total. The van der Waals surface area contributed by atoms with Gasteiger partial charge in [0.15, 0.2) is 0 Å². The third-order valence-corrected chi connectivity index (χ3v) is 6.79. The summed E-state index contributed by atoms with van der Waals surface area (Å²) >= 11 is 0. The summed E-state index contributed by atoms with van der Waals surface area (Å²) in [4.78, 5) is 47.1. The Morgan fingerprint density at radius 1 is 0.850 bits per heavy atom. The first-order valence-corrected chi connectivity index (χ1v) is 12.4. The molecule has 2 fully saturated rings. The van der Waals surface area contributed by atoms with Crippen molar-refractivity contribution in [2.75, 3.05) is 6.61 Å². The van der Waals surface area contributed by atoms with Crippen molar-refractivity contribution in [2.24, 2.45) is 0 Å². The molecule has 2 heterocycles. The van der Waals surface area contributed by atoms with Gasteiger partial charge in [0.05, 0.1) is 29.7 Å². The van der Waals surface area contributed by atoms with E-state index in [0.717, 1.165) is 24.4 Å². The van der Waals surface area contributed by atoms with E-state index in [0.29, 0.717) is 0 Å². The normalized spacial score (nSPS) is 21.0. The van der Waals surface area contributed by atoms with Gasteiger partial charge in [-0.3, -0.25) is 9.59 Å². The lowest BCUT2D eigenvalue weighted by atomic mass is 10.1. The van der Waals surface area contributed by atoms with Gasteiger partial charge in [-0.15, -0.1) is 0 Å². The number of halogens is 4. The summed E-state index contributed by atoms with van der Waals surface area (Å²) in [5, 5.41) is 9.26. The van der Waals surface area contributed by atoms with E-state index in [1.807, 2.05) is 0 Å². The quantitative estimate of drug-likeness (QED) is 0.281. The molecule has 1 N–H and O–H groups in total. The second kappa shape index (κ2) is 10.2. The van der Waals surface area contributed by atoms with Gasteiger partial charge in [-0.2, -0.15) is 0 Å². The molecule has 0 saturated heterocycles. The van der Waals surface area contributed by atoms with E-state index < -0.39 is 64.4 Å². The Morgan fingerprint density at radius 2 is 1.27 bits per heavy atom. The highest BCUT2D eigenvalue weighted by atomic mass is 19.1. The van der Waals surface area contributed by atoms with Gasteiger partial charge in [-0.25, -0.2) is 27.2 Å². The highest BCUT2D eigenvalue weighted by molar-refractivity contribution is 5.94. The van der Waals surface area contributed by atoms with Gasteiger partial charge in [0.25, 0.3) is 0 Å². The molecular weight excluding hydrogens is 536 g/mol. The van der Waals surface area contributed by atoms with Gasteiger partial charge in [-0.1, -0.05) is 0 Å². The molecule has 208 valence electrons. The number of pyridine rings is 2. The van der Waals surface area contributed by atoms with E-state index in [-0.39, 0.29) is 46.8 Å². The van der Waals surface area contributed by atoms with E-state index >= 15 is 0 Å². The van der Waals surface area contributed by atoms with Crippen LogP contribution in [-0.2, 0) is 4.74 Å². The van der Waals surface area contributed by atoms with Crippen molar-refractivity contribution in [1.29, 1.82) is 0 Å². The minimum absolute atomic E-state index is 0.0837. The molecule has 0 unspecified atom stereocenters. The molecule has 40 heavy (non-hydrogen) atoms. The summed E-state index contributed by atoms with van der Waals surface area (Å²) in [6.07, 6.45) is 0.762. The standard InChI is InChI=1S/C15H13F2NO3.C13H9F2NO3/c1-2-21-15(20)10-7-18(13-6-11(13)17)12-5-8(16)3-4-9(12)14(10)19;14-6-1-2-7-10(3-6)16(11-4-9(11)15)5-8(12(7)17)13(18)19/h3-5,7,11,13H,2,6H2,1H3;1-3,5,9,11H,4H2,(H,18,19)/t11-,13+;9-,11+/m00/s1. The molecule has 0 amide bonds. The minimum atomic E-state index is -1.37. The average molecular weight is 558 g/mol. The fourth-order valence-corrected chi connectivity index (χ4v) is 4.58. The van der Waals surface area contributed by atoms with Crippen LogP contribution in [0.15, 0.2) is 58.4 Å². The maximum atomic E-state index is 13.4. The topological polar surface area (TPSA) is 108 Å². The molecule has 4 aromatic rings. The van der Waals surface area contributed by atoms with Crippen LogP contribution in [0.5, 0.6) is 0 Å². The van der Waals surface area contributed by atoms with Crippen LogP contribution in [0.1, 0.15) is 52.6 Å². The Balaban J connectivity index is 0.000000162. The maximum absolute atomic E-state index is 13.4. The number of hydrogen-bond acceptors (Lipinski definition) is 5. The van der Waals surface area contributed by atoms with E-state index in [9.17, 15) is 36.7 Å². The van der Waals surface area contributed by atoms with E-state index in [1.54, 1.807) is 6.92 Å². The fourth-order valence-electron chi connectivity index (χ4n) is 4.58. The van der Waals surface area contributed by atoms with Crippen LogP contribution in [0.4, 0.5) is 17.6 Å². The number of hydrogen-bond donors (Lipinski definition) is 1. The predicted octanol–water partition coefficient (Wildman–Crippen LogP) is 4.72. The molecule has 6 rings (SSSR count). The Labute approximate surface area is 223 Å². The predicted molar refractivity (Wildman–Crippen MR) is 136 cm³/mol. The highest BCUT2D eigenvalue weighted by Gasteiger charge is 2.41. The summed E-state index contributed by atoms with van der Waals surface area (Å²) < 4.78 is 60.9. The molecule has 0 bridgehead atoms. The number of alkyl halides is 2. The second-order valence-electron chi connectivity index (χ2n) is 9.54. The number of rotatable bonds is 5. The second-order valence-corrected chi connectivity index (χ2v) is 9.54. The molecule has 0 radical (unpaired) electrons. The summed E-state index contributed by atoms with van der Waals surface area (Å²) in [5.74, 6) is -3.20. The molecule has 4 atom stereocenters. The average Bonchev–Trinajstić information content (AvgIpc) is 3.82. The van der Waals surface area contributed by atoms with Crippen LogP contribution >= 0.6 is 0 Å². The lowest BCUT2D eigenvalue weighted by Crippen LogP contribution is -2.21. The number of carboxylic acid groups (broad SMARTS) is 1. The number of carboxylic acids is 1. The number of benzene rings is 2. The monoisotopic (exact) mass is 558 g/mol. The number of aromatic nitrogens is 2. The van der Waals surface area contributed by atoms with Crippen LogP contribution in [0, 0.1) is 11.6 Å². The molecular formula is C28H22F4N2O6. The number of nitrogens with zero attached hydrogens (tertiary/aromatic N) is 2. The Kier molecular flexibility index (Phi) is 6.94. The molecule has 12 heteroatoms. The van der Waals surface area contributed by atoms with Crippen LogP contribution in [0.3, 0.4) is 0 Å². The summed E-state index contributed by atoms with van der Waals surface area (Å²) in [5.41, 5.74) is -1.29. The van der Waals surface area contributed by atoms with Crippen LogP contribution < -0.4 is 10.9 Å². The molecule has 0 aliphatic heterocycles. The smallest absolute Gasteiger partial charge is 0.343 e. The number of fused-ring (bicyclic) bond motifs is 2. The molecule has 2 aromatic carbocycles. The van der Waals surface area contributed by atoms with Crippen molar-refractivity contribution in [1.82, 2.24) is 9.13 Å². The van der Waals surface area contributed by atoms with Crippen LogP contribution in [0.25, 0.3) is 21.8 Å². The number of carbonyl (C=O) groups is 2. The van der Waals surface area contributed by atoms with E-state index in [4.69, 9.17) is 9.84 Å². The lowest BCUT2D eigenvalue weighted by molar-refractivity contribution is 0.0523. The SMILES string of the molecule is CCOC(=O)c1cn([C@@H]2C[C@@H]2F)c2cc(F)ccc2c1=O.O=C(O)c1cn([C@@H]2C[C@@H]2F)c2cc(F)ccc2c1=O.